The highest BCUT2D eigenvalue weighted by Gasteiger charge is 2.37. The molecule has 1 aromatic rings. The monoisotopic (exact) mass is 289 g/mol. The molecule has 2 heterocycles. The topological polar surface area (TPSA) is 68.5 Å². The molecule has 2 aliphatic rings. The summed E-state index contributed by atoms with van der Waals surface area (Å²) >= 11 is 0. The highest BCUT2D eigenvalue weighted by Crippen LogP contribution is 2.37. The minimum Gasteiger partial charge on any atom is -0.462 e. The molecule has 5 nitrogen and oxygen atoms in total. The molecule has 1 unspecified atom stereocenters. The summed E-state index contributed by atoms with van der Waals surface area (Å²) in [4.78, 5) is 18.4. The number of hydrogen-bond acceptors (Lipinski definition) is 5. The van der Waals surface area contributed by atoms with E-state index in [-0.39, 0.29) is 5.97 Å². The summed E-state index contributed by atoms with van der Waals surface area (Å²) < 4.78 is 4.98. The van der Waals surface area contributed by atoms with Crippen LogP contribution in [0, 0.1) is 11.8 Å². The van der Waals surface area contributed by atoms with Crippen molar-refractivity contribution in [3.63, 3.8) is 0 Å². The van der Waals surface area contributed by atoms with Crippen molar-refractivity contribution in [1.29, 1.82) is 0 Å². The molecule has 1 saturated carbocycles. The van der Waals surface area contributed by atoms with Gasteiger partial charge in [0, 0.05) is 25.3 Å². The molecule has 1 aliphatic heterocycles. The van der Waals surface area contributed by atoms with E-state index in [4.69, 9.17) is 10.5 Å². The van der Waals surface area contributed by atoms with Gasteiger partial charge in [-0.3, -0.25) is 0 Å². The standard InChI is InChI=1S/C16H23N3O2/c1-2-21-16(20)11-4-6-15(18-8-11)19-9-12-3-5-14(17)7-13(12)10-19/h4,6,8,12-14H,2-3,5,7,9-10,17H2,1H3/t12-,13+,14?/m1/s1. The quantitative estimate of drug-likeness (QED) is 0.860. The van der Waals surface area contributed by atoms with Gasteiger partial charge in [0.1, 0.15) is 5.82 Å². The molecular formula is C16H23N3O2. The fourth-order valence-electron chi connectivity index (χ4n) is 3.56. The van der Waals surface area contributed by atoms with Gasteiger partial charge < -0.3 is 15.4 Å². The van der Waals surface area contributed by atoms with Crippen molar-refractivity contribution in [2.45, 2.75) is 32.2 Å². The van der Waals surface area contributed by atoms with Crippen molar-refractivity contribution in [1.82, 2.24) is 4.98 Å². The molecule has 0 radical (unpaired) electrons. The van der Waals surface area contributed by atoms with E-state index < -0.39 is 0 Å². The van der Waals surface area contributed by atoms with E-state index in [1.54, 1.807) is 19.2 Å². The Labute approximate surface area is 125 Å². The molecule has 3 rings (SSSR count). The Morgan fingerprint density at radius 2 is 2.19 bits per heavy atom. The zero-order chi connectivity index (χ0) is 14.8. The van der Waals surface area contributed by atoms with Crippen LogP contribution in [0.3, 0.4) is 0 Å². The lowest BCUT2D eigenvalue weighted by Gasteiger charge is -2.27. The summed E-state index contributed by atoms with van der Waals surface area (Å²) in [6.45, 7) is 4.28. The summed E-state index contributed by atoms with van der Waals surface area (Å²) in [6.07, 6.45) is 5.11. The minimum absolute atomic E-state index is 0.308. The summed E-state index contributed by atoms with van der Waals surface area (Å²) in [7, 11) is 0. The Hall–Kier alpha value is -1.62. The summed E-state index contributed by atoms with van der Waals surface area (Å²) in [6, 6.07) is 4.09. The lowest BCUT2D eigenvalue weighted by atomic mass is 9.79. The van der Waals surface area contributed by atoms with Crippen LogP contribution in [0.1, 0.15) is 36.5 Å². The van der Waals surface area contributed by atoms with Crippen LogP contribution in [-0.2, 0) is 4.74 Å². The summed E-state index contributed by atoms with van der Waals surface area (Å²) in [5.74, 6) is 2.08. The summed E-state index contributed by atoms with van der Waals surface area (Å²) in [5.41, 5.74) is 6.58. The number of ether oxygens (including phenoxy) is 1. The van der Waals surface area contributed by atoms with Gasteiger partial charge in [-0.1, -0.05) is 0 Å². The van der Waals surface area contributed by atoms with Crippen molar-refractivity contribution in [2.75, 3.05) is 24.6 Å². The van der Waals surface area contributed by atoms with E-state index in [0.29, 0.717) is 24.1 Å². The second-order valence-electron chi connectivity index (χ2n) is 6.12. The Kier molecular flexibility index (Phi) is 4.10. The molecule has 1 aliphatic carbocycles. The third-order valence-electron chi connectivity index (χ3n) is 4.67. The van der Waals surface area contributed by atoms with Crippen LogP contribution in [0.15, 0.2) is 18.3 Å². The Morgan fingerprint density at radius 1 is 1.38 bits per heavy atom. The molecule has 0 amide bonds. The maximum Gasteiger partial charge on any atom is 0.339 e. The van der Waals surface area contributed by atoms with E-state index in [1.807, 2.05) is 6.07 Å². The van der Waals surface area contributed by atoms with Crippen molar-refractivity contribution < 1.29 is 9.53 Å². The van der Waals surface area contributed by atoms with Gasteiger partial charge in [-0.2, -0.15) is 0 Å². The SMILES string of the molecule is CCOC(=O)c1ccc(N2C[C@H]3CCC(N)C[C@H]3C2)nc1. The number of nitrogens with zero attached hydrogens (tertiary/aromatic N) is 2. The van der Waals surface area contributed by atoms with Gasteiger partial charge in [0.15, 0.2) is 0 Å². The molecule has 5 heteroatoms. The lowest BCUT2D eigenvalue weighted by molar-refractivity contribution is 0.0526. The van der Waals surface area contributed by atoms with Gasteiger partial charge in [0.05, 0.1) is 12.2 Å². The maximum absolute atomic E-state index is 11.6. The van der Waals surface area contributed by atoms with Crippen LogP contribution in [0.25, 0.3) is 0 Å². The van der Waals surface area contributed by atoms with Crippen molar-refractivity contribution in [3.05, 3.63) is 23.9 Å². The Bertz CT molecular complexity index is 503. The average Bonchev–Trinajstić information content (AvgIpc) is 2.90. The Balaban J connectivity index is 1.66. The van der Waals surface area contributed by atoms with Crippen LogP contribution >= 0.6 is 0 Å². The van der Waals surface area contributed by atoms with Crippen LogP contribution in [0.5, 0.6) is 0 Å². The van der Waals surface area contributed by atoms with Gasteiger partial charge in [-0.05, 0) is 50.2 Å². The third-order valence-corrected chi connectivity index (χ3v) is 4.67. The number of aromatic nitrogens is 1. The highest BCUT2D eigenvalue weighted by molar-refractivity contribution is 5.89. The molecular weight excluding hydrogens is 266 g/mol. The molecule has 1 aromatic heterocycles. The van der Waals surface area contributed by atoms with E-state index in [0.717, 1.165) is 37.7 Å². The number of anilines is 1. The van der Waals surface area contributed by atoms with Gasteiger partial charge in [-0.15, -0.1) is 0 Å². The van der Waals surface area contributed by atoms with E-state index >= 15 is 0 Å². The second kappa shape index (κ2) is 6.02. The molecule has 114 valence electrons. The minimum atomic E-state index is -0.308. The molecule has 2 N–H and O–H groups in total. The maximum atomic E-state index is 11.6. The first-order valence-electron chi connectivity index (χ1n) is 7.81. The smallest absolute Gasteiger partial charge is 0.339 e. The van der Waals surface area contributed by atoms with E-state index in [2.05, 4.69) is 9.88 Å². The third kappa shape index (κ3) is 3.02. The van der Waals surface area contributed by atoms with E-state index in [1.165, 1.54) is 6.42 Å². The predicted octanol–water partition coefficient (Wildman–Crippen LogP) is 1.82. The molecule has 0 spiro atoms. The molecule has 3 atom stereocenters. The number of hydrogen-bond donors (Lipinski definition) is 1. The Morgan fingerprint density at radius 3 is 2.90 bits per heavy atom. The molecule has 1 saturated heterocycles. The average molecular weight is 289 g/mol. The number of rotatable bonds is 3. The van der Waals surface area contributed by atoms with Gasteiger partial charge >= 0.3 is 5.97 Å². The zero-order valence-electron chi connectivity index (χ0n) is 12.5. The fraction of sp³-hybridized carbons (Fsp3) is 0.625. The van der Waals surface area contributed by atoms with E-state index in [9.17, 15) is 4.79 Å². The highest BCUT2D eigenvalue weighted by atomic mass is 16.5. The van der Waals surface area contributed by atoms with Crippen molar-refractivity contribution in [3.8, 4) is 0 Å². The number of carbonyl (C=O) groups excluding carboxylic acids is 1. The number of pyridine rings is 1. The van der Waals surface area contributed by atoms with Gasteiger partial charge in [0.25, 0.3) is 0 Å². The number of esters is 1. The number of carbonyl (C=O) groups is 1. The zero-order valence-corrected chi connectivity index (χ0v) is 12.5. The largest absolute Gasteiger partial charge is 0.462 e. The van der Waals surface area contributed by atoms with Gasteiger partial charge in [0.2, 0.25) is 0 Å². The van der Waals surface area contributed by atoms with Crippen molar-refractivity contribution >= 4 is 11.8 Å². The second-order valence-corrected chi connectivity index (χ2v) is 6.12. The normalized spacial score (nSPS) is 28.3. The molecule has 0 aromatic carbocycles. The number of nitrogens with two attached hydrogens (primary N) is 1. The first-order valence-corrected chi connectivity index (χ1v) is 7.81. The first kappa shape index (κ1) is 14.3. The molecule has 2 fully saturated rings. The van der Waals surface area contributed by atoms with Crippen molar-refractivity contribution in [2.24, 2.45) is 17.6 Å². The summed E-state index contributed by atoms with van der Waals surface area (Å²) in [5, 5.41) is 0. The number of fused-ring (bicyclic) bond motifs is 1. The fourth-order valence-corrected chi connectivity index (χ4v) is 3.56. The predicted molar refractivity (Wildman–Crippen MR) is 81.2 cm³/mol. The molecule has 21 heavy (non-hydrogen) atoms. The van der Waals surface area contributed by atoms with Crippen LogP contribution < -0.4 is 10.6 Å². The van der Waals surface area contributed by atoms with Crippen LogP contribution in [0.4, 0.5) is 5.82 Å². The first-order chi connectivity index (χ1) is 10.2. The van der Waals surface area contributed by atoms with Gasteiger partial charge in [-0.25, -0.2) is 9.78 Å². The van der Waals surface area contributed by atoms with Crippen LogP contribution in [0.2, 0.25) is 0 Å². The van der Waals surface area contributed by atoms with Crippen LogP contribution in [-0.4, -0.2) is 36.7 Å². The molecule has 0 bridgehead atoms. The lowest BCUT2D eigenvalue weighted by Crippen LogP contribution is -2.32.